The predicted molar refractivity (Wildman–Crippen MR) is 32.0 cm³/mol. The summed E-state index contributed by atoms with van der Waals surface area (Å²) in [5, 5.41) is 0. The highest BCUT2D eigenvalue weighted by atomic mass is 19.2. The number of benzene rings is 1. The van der Waals surface area contributed by atoms with Crippen LogP contribution in [0.4, 0.5) is 17.6 Å². The molecule has 1 aromatic carbocycles. The van der Waals surface area contributed by atoms with Crippen LogP contribution in [0.15, 0.2) is 12.1 Å². The molecule has 58 valence electrons. The molecule has 0 aliphatic heterocycles. The number of hydrogen-bond donors (Lipinski definition) is 0. The molecule has 0 spiro atoms. The molecule has 0 N–H and O–H groups in total. The Bertz CT molecular complexity index is 234. The largest absolute Gasteiger partial charge is 1.00 e. The summed E-state index contributed by atoms with van der Waals surface area (Å²) in [6, 6.07) is 1.04. The van der Waals surface area contributed by atoms with E-state index < -0.39 is 23.3 Å². The van der Waals surface area contributed by atoms with Gasteiger partial charge in [0.1, 0.15) is 0 Å². The lowest BCUT2D eigenvalue weighted by Crippen LogP contribution is -1.93. The summed E-state index contributed by atoms with van der Waals surface area (Å²) >= 11 is 0. The van der Waals surface area contributed by atoms with Crippen LogP contribution in [0.2, 0.25) is 0 Å². The zero-order valence-corrected chi connectivity index (χ0v) is 5.24. The lowest BCUT2D eigenvalue weighted by molar-refractivity contribution is 0.409. The molecule has 0 aliphatic rings. The van der Waals surface area contributed by atoms with Gasteiger partial charge in [0.05, 0.1) is 0 Å². The molecule has 0 bridgehead atoms. The van der Waals surface area contributed by atoms with Crippen LogP contribution in [-0.4, -0.2) is 8.41 Å². The second-order valence-electron chi connectivity index (χ2n) is 1.66. The molecule has 5 heteroatoms. The van der Waals surface area contributed by atoms with E-state index in [2.05, 4.69) is 0 Å². The third kappa shape index (κ3) is 1.72. The molecule has 1 rings (SSSR count). The van der Waals surface area contributed by atoms with E-state index in [1.807, 2.05) is 0 Å². The zero-order chi connectivity index (χ0) is 7.72. The van der Waals surface area contributed by atoms with Crippen molar-refractivity contribution >= 4 is 8.41 Å². The van der Waals surface area contributed by atoms with Gasteiger partial charge in [0, 0.05) is 0 Å². The molecule has 0 heterocycles. The Labute approximate surface area is 62.4 Å². The maximum atomic E-state index is 12.0. The topological polar surface area (TPSA) is 0 Å². The van der Waals surface area contributed by atoms with Gasteiger partial charge < -0.3 is 8.41 Å². The molecular formula is C6H2BF4-. The highest BCUT2D eigenvalue weighted by molar-refractivity contribution is 5.75. The van der Waals surface area contributed by atoms with Crippen molar-refractivity contribution in [1.29, 1.82) is 0 Å². The van der Waals surface area contributed by atoms with Crippen molar-refractivity contribution in [2.45, 2.75) is 0 Å². The summed E-state index contributed by atoms with van der Waals surface area (Å²) in [5.41, 5.74) is 0. The molecule has 1 aromatic rings. The van der Waals surface area contributed by atoms with Crippen LogP contribution in [0, 0.1) is 23.3 Å². The van der Waals surface area contributed by atoms with Gasteiger partial charge in [-0.05, 0) is 12.1 Å². The van der Waals surface area contributed by atoms with Gasteiger partial charge in [-0.1, -0.05) is 0 Å². The first kappa shape index (κ1) is 10.0. The zero-order valence-electron chi connectivity index (χ0n) is 5.24. The van der Waals surface area contributed by atoms with Crippen molar-refractivity contribution in [2.75, 3.05) is 0 Å². The smallest absolute Gasteiger partial charge is 0.197 e. The second kappa shape index (κ2) is 3.41. The van der Waals surface area contributed by atoms with Gasteiger partial charge in [-0.15, -0.1) is 0 Å². The molecule has 11 heavy (non-hydrogen) atoms. The molecule has 0 saturated heterocycles. The van der Waals surface area contributed by atoms with Crippen molar-refractivity contribution in [3.63, 3.8) is 0 Å². The van der Waals surface area contributed by atoms with Gasteiger partial charge >= 0.3 is 0 Å². The Kier molecular flexibility index (Phi) is 3.10. The van der Waals surface area contributed by atoms with Crippen LogP contribution in [0.1, 0.15) is 0 Å². The Morgan fingerprint density at radius 3 is 1.27 bits per heavy atom. The normalized spacial score (nSPS) is 9.09. The molecule has 0 amide bonds. The number of rotatable bonds is 0. The van der Waals surface area contributed by atoms with E-state index in [-0.39, 0.29) is 8.41 Å². The van der Waals surface area contributed by atoms with E-state index in [1.165, 1.54) is 0 Å². The van der Waals surface area contributed by atoms with Crippen molar-refractivity contribution in [2.24, 2.45) is 0 Å². The van der Waals surface area contributed by atoms with Gasteiger partial charge in [0.25, 0.3) is 0 Å². The summed E-state index contributed by atoms with van der Waals surface area (Å²) in [6.45, 7) is 0. The molecule has 0 aromatic heterocycles. The van der Waals surface area contributed by atoms with Crippen molar-refractivity contribution in [3.8, 4) is 0 Å². The molecule has 0 nitrogen and oxygen atoms in total. The van der Waals surface area contributed by atoms with Gasteiger partial charge in [-0.2, -0.15) is 0 Å². The SMILES string of the molecule is Fc1ccc(F)c(F)c1F.[B-]. The summed E-state index contributed by atoms with van der Waals surface area (Å²) in [6.07, 6.45) is 0. The van der Waals surface area contributed by atoms with Gasteiger partial charge in [0.2, 0.25) is 0 Å². The predicted octanol–water partition coefficient (Wildman–Crippen LogP) is 1.86. The molecule has 0 atom stereocenters. The van der Waals surface area contributed by atoms with E-state index in [0.717, 1.165) is 0 Å². The Morgan fingerprint density at radius 1 is 0.727 bits per heavy atom. The Morgan fingerprint density at radius 2 is 1.00 bits per heavy atom. The Hall–Kier alpha value is -0.995. The molecule has 0 fully saturated rings. The quantitative estimate of drug-likeness (QED) is 0.235. The van der Waals surface area contributed by atoms with Crippen molar-refractivity contribution in [3.05, 3.63) is 35.4 Å². The highest BCUT2D eigenvalue weighted by Crippen LogP contribution is 2.12. The molecule has 0 unspecified atom stereocenters. The Balaban J connectivity index is 0.000001000. The first-order valence-corrected chi connectivity index (χ1v) is 2.42. The van der Waals surface area contributed by atoms with Gasteiger partial charge in [-0.25, -0.2) is 17.6 Å². The van der Waals surface area contributed by atoms with Crippen LogP contribution < -0.4 is 0 Å². The minimum absolute atomic E-state index is 0. The minimum Gasteiger partial charge on any atom is -1.00 e. The average molecular weight is 161 g/mol. The van der Waals surface area contributed by atoms with Crippen LogP contribution in [0.25, 0.3) is 0 Å². The molecule has 0 aliphatic carbocycles. The van der Waals surface area contributed by atoms with Crippen LogP contribution in [-0.2, 0) is 0 Å². The molecule has 0 saturated carbocycles. The maximum absolute atomic E-state index is 12.0. The van der Waals surface area contributed by atoms with Crippen LogP contribution in [0.3, 0.4) is 0 Å². The first-order chi connectivity index (χ1) is 4.63. The van der Waals surface area contributed by atoms with E-state index in [0.29, 0.717) is 12.1 Å². The second-order valence-corrected chi connectivity index (χ2v) is 1.66. The molecular weight excluding hydrogens is 159 g/mol. The maximum Gasteiger partial charge on any atom is 0.197 e. The van der Waals surface area contributed by atoms with E-state index >= 15 is 0 Å². The summed E-state index contributed by atoms with van der Waals surface area (Å²) in [7, 11) is 0. The first-order valence-electron chi connectivity index (χ1n) is 2.42. The number of hydrogen-bond acceptors (Lipinski definition) is 0. The van der Waals surface area contributed by atoms with Crippen molar-refractivity contribution in [1.82, 2.24) is 0 Å². The van der Waals surface area contributed by atoms with Gasteiger partial charge in [0.15, 0.2) is 23.3 Å². The fourth-order valence-electron chi connectivity index (χ4n) is 0.502. The summed E-state index contributed by atoms with van der Waals surface area (Å²) in [4.78, 5) is 0. The minimum atomic E-state index is -1.78. The van der Waals surface area contributed by atoms with Gasteiger partial charge in [-0.3, -0.25) is 0 Å². The van der Waals surface area contributed by atoms with Crippen LogP contribution >= 0.6 is 0 Å². The average Bonchev–Trinajstić information content (AvgIpc) is 1.93. The fourth-order valence-corrected chi connectivity index (χ4v) is 0.502. The van der Waals surface area contributed by atoms with E-state index in [4.69, 9.17) is 0 Å². The fraction of sp³-hybridized carbons (Fsp3) is 0. The summed E-state index contributed by atoms with van der Waals surface area (Å²) in [5.74, 6) is -6.34. The third-order valence-electron chi connectivity index (χ3n) is 0.988. The standard InChI is InChI=1S/C6H2F4.B/c7-3-1-2-4(8)6(10)5(3)9;/h1-2H;/q;-1. The van der Waals surface area contributed by atoms with E-state index in [9.17, 15) is 17.6 Å². The lowest BCUT2D eigenvalue weighted by Gasteiger charge is -1.93. The lowest BCUT2D eigenvalue weighted by atomic mass is 10.3. The van der Waals surface area contributed by atoms with Crippen molar-refractivity contribution < 1.29 is 17.6 Å². The number of halogens is 4. The molecule has 4 radical (unpaired) electrons. The van der Waals surface area contributed by atoms with E-state index in [1.54, 1.807) is 0 Å². The third-order valence-corrected chi connectivity index (χ3v) is 0.988. The summed E-state index contributed by atoms with van der Waals surface area (Å²) < 4.78 is 48.0. The monoisotopic (exact) mass is 161 g/mol. The highest BCUT2D eigenvalue weighted by Gasteiger charge is 2.11. The van der Waals surface area contributed by atoms with Crippen LogP contribution in [0.5, 0.6) is 0 Å².